The normalized spacial score (nSPS) is 15.5. The predicted molar refractivity (Wildman–Crippen MR) is 108 cm³/mol. The van der Waals surface area contributed by atoms with Gasteiger partial charge in [-0.05, 0) is 38.7 Å². The van der Waals surface area contributed by atoms with Gasteiger partial charge >= 0.3 is 0 Å². The van der Waals surface area contributed by atoms with Crippen LogP contribution in [0.4, 0.5) is 5.69 Å². The summed E-state index contributed by atoms with van der Waals surface area (Å²) < 4.78 is 0. The second-order valence-electron chi connectivity index (χ2n) is 7.22. The first-order valence-corrected chi connectivity index (χ1v) is 9.27. The van der Waals surface area contributed by atoms with Crippen LogP contribution in [-0.4, -0.2) is 56.0 Å². The second kappa shape index (κ2) is 8.24. The molecule has 140 valence electrons. The van der Waals surface area contributed by atoms with Crippen LogP contribution in [0.3, 0.4) is 0 Å². The van der Waals surface area contributed by atoms with Gasteiger partial charge in [-0.1, -0.05) is 42.0 Å². The van der Waals surface area contributed by atoms with Crippen LogP contribution in [0.15, 0.2) is 48.5 Å². The highest BCUT2D eigenvalue weighted by Crippen LogP contribution is 2.25. The van der Waals surface area contributed by atoms with Crippen LogP contribution in [0.1, 0.15) is 22.7 Å². The van der Waals surface area contributed by atoms with E-state index in [2.05, 4.69) is 30.0 Å². The SMILES string of the molecule is Cc1ccc(C(C(=O)N2CCN(c3ccccc3C#N)CC2)N(C)C)cc1. The van der Waals surface area contributed by atoms with Crippen LogP contribution in [0, 0.1) is 18.3 Å². The summed E-state index contributed by atoms with van der Waals surface area (Å²) in [5.74, 6) is 0.136. The number of hydrogen-bond acceptors (Lipinski definition) is 4. The minimum Gasteiger partial charge on any atom is -0.367 e. The van der Waals surface area contributed by atoms with Gasteiger partial charge in [0.25, 0.3) is 0 Å². The smallest absolute Gasteiger partial charge is 0.244 e. The van der Waals surface area contributed by atoms with E-state index in [0.717, 1.165) is 24.3 Å². The third-order valence-electron chi connectivity index (χ3n) is 5.10. The highest BCUT2D eigenvalue weighted by Gasteiger charge is 2.30. The molecular formula is C22H26N4O. The number of para-hydroxylation sites is 1. The molecule has 0 N–H and O–H groups in total. The molecule has 5 nitrogen and oxygen atoms in total. The number of anilines is 1. The number of benzene rings is 2. The molecule has 5 heteroatoms. The van der Waals surface area contributed by atoms with E-state index in [1.54, 1.807) is 0 Å². The summed E-state index contributed by atoms with van der Waals surface area (Å²) in [5, 5.41) is 9.32. The zero-order valence-electron chi connectivity index (χ0n) is 16.2. The molecule has 0 aliphatic carbocycles. The predicted octanol–water partition coefficient (Wildman–Crippen LogP) is 2.82. The number of rotatable bonds is 4. The van der Waals surface area contributed by atoms with Gasteiger partial charge in [-0.15, -0.1) is 0 Å². The van der Waals surface area contributed by atoms with Gasteiger partial charge in [0.15, 0.2) is 0 Å². The maximum atomic E-state index is 13.2. The molecule has 0 aromatic heterocycles. The first kappa shape index (κ1) is 18.9. The minimum absolute atomic E-state index is 0.136. The molecule has 1 aliphatic heterocycles. The topological polar surface area (TPSA) is 50.6 Å². The van der Waals surface area contributed by atoms with E-state index in [1.165, 1.54) is 5.56 Å². The van der Waals surface area contributed by atoms with Crippen LogP contribution in [0.5, 0.6) is 0 Å². The fourth-order valence-electron chi connectivity index (χ4n) is 3.59. The third-order valence-corrected chi connectivity index (χ3v) is 5.10. The van der Waals surface area contributed by atoms with E-state index in [0.29, 0.717) is 18.7 Å². The Balaban J connectivity index is 1.71. The highest BCUT2D eigenvalue weighted by atomic mass is 16.2. The van der Waals surface area contributed by atoms with Crippen molar-refractivity contribution in [3.8, 4) is 6.07 Å². The first-order valence-electron chi connectivity index (χ1n) is 9.27. The fourth-order valence-corrected chi connectivity index (χ4v) is 3.59. The molecule has 0 radical (unpaired) electrons. The molecule has 2 aromatic carbocycles. The van der Waals surface area contributed by atoms with Gasteiger partial charge in [-0.3, -0.25) is 9.69 Å². The molecule has 0 spiro atoms. The van der Waals surface area contributed by atoms with E-state index in [4.69, 9.17) is 0 Å². The molecule has 3 rings (SSSR count). The van der Waals surface area contributed by atoms with Crippen LogP contribution >= 0.6 is 0 Å². The van der Waals surface area contributed by atoms with Crippen molar-refractivity contribution in [2.45, 2.75) is 13.0 Å². The number of hydrogen-bond donors (Lipinski definition) is 0. The van der Waals surface area contributed by atoms with Crippen LogP contribution in [0.25, 0.3) is 0 Å². The van der Waals surface area contributed by atoms with Gasteiger partial charge in [-0.25, -0.2) is 0 Å². The summed E-state index contributed by atoms with van der Waals surface area (Å²) >= 11 is 0. The molecular weight excluding hydrogens is 336 g/mol. The standard InChI is InChI=1S/C22H26N4O/c1-17-8-10-18(11-9-17)21(24(2)3)22(27)26-14-12-25(13-15-26)20-7-5-4-6-19(20)16-23/h4-11,21H,12-15H2,1-3H3. The monoisotopic (exact) mass is 362 g/mol. The number of amides is 1. The molecule has 1 fully saturated rings. The molecule has 27 heavy (non-hydrogen) atoms. The van der Waals surface area contributed by atoms with E-state index < -0.39 is 0 Å². The number of likely N-dealkylation sites (N-methyl/N-ethyl adjacent to an activating group) is 1. The molecule has 1 amide bonds. The Labute approximate surface area is 161 Å². The molecule has 1 unspecified atom stereocenters. The number of nitriles is 1. The van der Waals surface area contributed by atoms with Crippen molar-refractivity contribution in [2.75, 3.05) is 45.2 Å². The van der Waals surface area contributed by atoms with Gasteiger partial charge in [0.1, 0.15) is 12.1 Å². The number of nitrogens with zero attached hydrogens (tertiary/aromatic N) is 4. The zero-order valence-corrected chi connectivity index (χ0v) is 16.2. The Kier molecular flexibility index (Phi) is 5.78. The Morgan fingerprint density at radius 2 is 1.67 bits per heavy atom. The van der Waals surface area contributed by atoms with Crippen LogP contribution in [-0.2, 0) is 4.79 Å². The lowest BCUT2D eigenvalue weighted by atomic mass is 10.0. The van der Waals surface area contributed by atoms with E-state index >= 15 is 0 Å². The van der Waals surface area contributed by atoms with Crippen molar-refractivity contribution in [1.29, 1.82) is 5.26 Å². The summed E-state index contributed by atoms with van der Waals surface area (Å²) in [5.41, 5.74) is 3.85. The molecule has 1 atom stereocenters. The summed E-state index contributed by atoms with van der Waals surface area (Å²) in [7, 11) is 3.89. The van der Waals surface area contributed by atoms with Crippen molar-refractivity contribution in [1.82, 2.24) is 9.80 Å². The van der Waals surface area contributed by atoms with E-state index in [9.17, 15) is 10.1 Å². The lowest BCUT2D eigenvalue weighted by Crippen LogP contribution is -2.51. The van der Waals surface area contributed by atoms with Gasteiger partial charge in [0, 0.05) is 26.2 Å². The van der Waals surface area contributed by atoms with Crippen molar-refractivity contribution >= 4 is 11.6 Å². The summed E-state index contributed by atoms with van der Waals surface area (Å²) in [6.45, 7) is 4.84. The number of piperazine rings is 1. The maximum absolute atomic E-state index is 13.2. The van der Waals surface area contributed by atoms with Crippen molar-refractivity contribution in [3.05, 3.63) is 65.2 Å². The molecule has 2 aromatic rings. The van der Waals surface area contributed by atoms with Gasteiger partial charge in [0.05, 0.1) is 11.3 Å². The Bertz CT molecular complexity index is 830. The summed E-state index contributed by atoms with van der Waals surface area (Å²) in [4.78, 5) is 19.3. The number of carbonyl (C=O) groups excluding carboxylic acids is 1. The highest BCUT2D eigenvalue weighted by molar-refractivity contribution is 5.83. The lowest BCUT2D eigenvalue weighted by Gasteiger charge is -2.39. The summed E-state index contributed by atoms with van der Waals surface area (Å²) in [6, 6.07) is 17.8. The Morgan fingerprint density at radius 3 is 2.26 bits per heavy atom. The second-order valence-corrected chi connectivity index (χ2v) is 7.22. The molecule has 1 aliphatic rings. The third kappa shape index (κ3) is 4.12. The van der Waals surface area contributed by atoms with E-state index in [-0.39, 0.29) is 11.9 Å². The zero-order chi connectivity index (χ0) is 19.4. The van der Waals surface area contributed by atoms with Gasteiger partial charge in [0.2, 0.25) is 5.91 Å². The van der Waals surface area contributed by atoms with Gasteiger partial charge in [-0.2, -0.15) is 5.26 Å². The molecule has 1 heterocycles. The number of carbonyl (C=O) groups is 1. The Morgan fingerprint density at radius 1 is 1.04 bits per heavy atom. The van der Waals surface area contributed by atoms with Crippen molar-refractivity contribution < 1.29 is 4.79 Å². The quantitative estimate of drug-likeness (QED) is 0.839. The average Bonchev–Trinajstić information content (AvgIpc) is 2.69. The van der Waals surface area contributed by atoms with E-state index in [1.807, 2.05) is 60.3 Å². The largest absolute Gasteiger partial charge is 0.367 e. The minimum atomic E-state index is -0.274. The lowest BCUT2D eigenvalue weighted by molar-refractivity contribution is -0.136. The molecule has 0 saturated carbocycles. The van der Waals surface area contributed by atoms with Crippen LogP contribution in [0.2, 0.25) is 0 Å². The molecule has 0 bridgehead atoms. The molecule has 1 saturated heterocycles. The van der Waals surface area contributed by atoms with Crippen molar-refractivity contribution in [2.24, 2.45) is 0 Å². The fraction of sp³-hybridized carbons (Fsp3) is 0.364. The Hall–Kier alpha value is -2.84. The van der Waals surface area contributed by atoms with Gasteiger partial charge < -0.3 is 9.80 Å². The summed E-state index contributed by atoms with van der Waals surface area (Å²) in [6.07, 6.45) is 0. The first-order chi connectivity index (χ1) is 13.0. The van der Waals surface area contributed by atoms with Crippen molar-refractivity contribution in [3.63, 3.8) is 0 Å². The maximum Gasteiger partial charge on any atom is 0.244 e. The van der Waals surface area contributed by atoms with Crippen LogP contribution < -0.4 is 4.90 Å². The average molecular weight is 362 g/mol. The number of aryl methyl sites for hydroxylation is 1.